The normalized spacial score (nSPS) is 10.8. The number of para-hydroxylation sites is 1. The van der Waals surface area contributed by atoms with Crippen LogP contribution in [0, 0.1) is 0 Å². The number of rotatable bonds is 2. The lowest BCUT2D eigenvalue weighted by molar-refractivity contribution is 0.103. The van der Waals surface area contributed by atoms with Gasteiger partial charge in [0.05, 0.1) is 16.6 Å². The lowest BCUT2D eigenvalue weighted by Gasteiger charge is -2.09. The Balaban J connectivity index is 2.26. The highest BCUT2D eigenvalue weighted by molar-refractivity contribution is 6.31. The lowest BCUT2D eigenvalue weighted by Crippen LogP contribution is -2.25. The van der Waals surface area contributed by atoms with Crippen molar-refractivity contribution in [1.82, 2.24) is 4.57 Å². The molecule has 1 aromatic heterocycles. The molecule has 3 aromatic rings. The van der Waals surface area contributed by atoms with Crippen LogP contribution in [0.15, 0.2) is 53.3 Å². The Morgan fingerprint density at radius 3 is 2.55 bits per heavy atom. The average molecular weight is 314 g/mol. The summed E-state index contributed by atoms with van der Waals surface area (Å²) in [6, 6.07) is 12.8. The molecule has 0 saturated heterocycles. The maximum Gasteiger partial charge on any atom is 0.262 e. The standard InChI is InChI=1S/C17H12ClNO3/c1-19-14-9-11(18)7-6-10(14)8-13(17(19)22)16(21)12-4-2-3-5-15(12)20/h2-9,20H,1H3. The van der Waals surface area contributed by atoms with Gasteiger partial charge in [0.2, 0.25) is 5.78 Å². The highest BCUT2D eigenvalue weighted by Gasteiger charge is 2.18. The summed E-state index contributed by atoms with van der Waals surface area (Å²) in [4.78, 5) is 25.0. The lowest BCUT2D eigenvalue weighted by atomic mass is 10.0. The number of ketones is 1. The molecule has 0 amide bonds. The van der Waals surface area contributed by atoms with Gasteiger partial charge < -0.3 is 9.67 Å². The zero-order valence-electron chi connectivity index (χ0n) is 11.7. The largest absolute Gasteiger partial charge is 0.507 e. The zero-order chi connectivity index (χ0) is 15.9. The molecule has 1 heterocycles. The number of nitrogens with zero attached hydrogens (tertiary/aromatic N) is 1. The maximum atomic E-state index is 12.6. The van der Waals surface area contributed by atoms with Gasteiger partial charge in [-0.3, -0.25) is 9.59 Å². The van der Waals surface area contributed by atoms with Crippen LogP contribution in [0.2, 0.25) is 5.02 Å². The molecule has 0 spiro atoms. The number of halogens is 1. The fourth-order valence-electron chi connectivity index (χ4n) is 2.41. The van der Waals surface area contributed by atoms with Gasteiger partial charge in [0.1, 0.15) is 5.75 Å². The van der Waals surface area contributed by atoms with E-state index in [4.69, 9.17) is 11.6 Å². The molecule has 3 rings (SSSR count). The van der Waals surface area contributed by atoms with E-state index in [1.807, 2.05) is 0 Å². The molecule has 110 valence electrons. The predicted molar refractivity (Wildman–Crippen MR) is 85.7 cm³/mol. The number of aryl methyl sites for hydroxylation is 1. The first-order chi connectivity index (χ1) is 10.5. The Hall–Kier alpha value is -2.59. The van der Waals surface area contributed by atoms with Crippen molar-refractivity contribution in [3.8, 4) is 5.75 Å². The maximum absolute atomic E-state index is 12.6. The van der Waals surface area contributed by atoms with E-state index in [1.165, 1.54) is 22.8 Å². The van der Waals surface area contributed by atoms with Crippen LogP contribution in [0.25, 0.3) is 10.9 Å². The summed E-state index contributed by atoms with van der Waals surface area (Å²) < 4.78 is 1.38. The fourth-order valence-corrected chi connectivity index (χ4v) is 2.58. The van der Waals surface area contributed by atoms with Gasteiger partial charge in [-0.05, 0) is 35.7 Å². The summed E-state index contributed by atoms with van der Waals surface area (Å²) in [5.41, 5.74) is 0.334. The number of aromatic nitrogens is 1. The van der Waals surface area contributed by atoms with Crippen molar-refractivity contribution in [2.75, 3.05) is 0 Å². The summed E-state index contributed by atoms with van der Waals surface area (Å²) >= 11 is 5.95. The van der Waals surface area contributed by atoms with E-state index in [0.29, 0.717) is 10.5 Å². The van der Waals surface area contributed by atoms with Crippen molar-refractivity contribution in [2.45, 2.75) is 0 Å². The predicted octanol–water partition coefficient (Wildman–Crippen LogP) is 3.13. The third-order valence-electron chi connectivity index (χ3n) is 3.58. The van der Waals surface area contributed by atoms with E-state index in [0.717, 1.165) is 5.39 Å². The summed E-state index contributed by atoms with van der Waals surface area (Å²) in [6.07, 6.45) is 0. The quantitative estimate of drug-likeness (QED) is 0.739. The molecule has 0 aliphatic carbocycles. The van der Waals surface area contributed by atoms with Crippen molar-refractivity contribution in [1.29, 1.82) is 0 Å². The van der Waals surface area contributed by atoms with Gasteiger partial charge in [-0.25, -0.2) is 0 Å². The Labute approximate surface area is 131 Å². The third-order valence-corrected chi connectivity index (χ3v) is 3.82. The number of hydrogen-bond acceptors (Lipinski definition) is 3. The van der Waals surface area contributed by atoms with Crippen molar-refractivity contribution in [2.24, 2.45) is 7.05 Å². The molecule has 2 aromatic carbocycles. The van der Waals surface area contributed by atoms with Gasteiger partial charge in [-0.2, -0.15) is 0 Å². The third kappa shape index (κ3) is 2.27. The van der Waals surface area contributed by atoms with Crippen LogP contribution in [0.4, 0.5) is 0 Å². The second kappa shape index (κ2) is 5.31. The number of carbonyl (C=O) groups is 1. The van der Waals surface area contributed by atoms with Crippen LogP contribution in [0.1, 0.15) is 15.9 Å². The molecule has 0 radical (unpaired) electrons. The second-order valence-electron chi connectivity index (χ2n) is 4.97. The SMILES string of the molecule is Cn1c(=O)c(C(=O)c2ccccc2O)cc2ccc(Cl)cc21. The van der Waals surface area contributed by atoms with E-state index in [1.54, 1.807) is 37.4 Å². The zero-order valence-corrected chi connectivity index (χ0v) is 12.5. The van der Waals surface area contributed by atoms with Gasteiger partial charge in [-0.15, -0.1) is 0 Å². The highest BCUT2D eigenvalue weighted by Crippen LogP contribution is 2.22. The molecule has 5 heteroatoms. The Kier molecular flexibility index (Phi) is 3.47. The minimum absolute atomic E-state index is 0.0128. The first-order valence-electron chi connectivity index (χ1n) is 6.61. The molecular formula is C17H12ClNO3. The number of phenols is 1. The minimum atomic E-state index is -0.504. The van der Waals surface area contributed by atoms with E-state index in [-0.39, 0.29) is 16.9 Å². The van der Waals surface area contributed by atoms with Gasteiger partial charge in [0.15, 0.2) is 0 Å². The second-order valence-corrected chi connectivity index (χ2v) is 5.41. The number of benzene rings is 2. The summed E-state index contributed by atoms with van der Waals surface area (Å²) in [7, 11) is 1.59. The Morgan fingerprint density at radius 2 is 1.82 bits per heavy atom. The minimum Gasteiger partial charge on any atom is -0.507 e. The molecule has 4 nitrogen and oxygen atoms in total. The Morgan fingerprint density at radius 1 is 1.09 bits per heavy atom. The van der Waals surface area contributed by atoms with E-state index in [2.05, 4.69) is 0 Å². The molecule has 0 saturated carbocycles. The molecule has 22 heavy (non-hydrogen) atoms. The molecule has 0 fully saturated rings. The number of phenolic OH excluding ortho intramolecular Hbond substituents is 1. The molecule has 1 N–H and O–H groups in total. The summed E-state index contributed by atoms with van der Waals surface area (Å²) in [5.74, 6) is -0.652. The van der Waals surface area contributed by atoms with Gasteiger partial charge in [-0.1, -0.05) is 29.8 Å². The van der Waals surface area contributed by atoms with E-state index >= 15 is 0 Å². The van der Waals surface area contributed by atoms with Crippen molar-refractivity contribution in [3.05, 3.63) is 75.0 Å². The monoisotopic (exact) mass is 313 g/mol. The van der Waals surface area contributed by atoms with Crippen molar-refractivity contribution < 1.29 is 9.90 Å². The molecule has 0 bridgehead atoms. The molecule has 0 atom stereocenters. The molecule has 0 aliphatic rings. The number of fused-ring (bicyclic) bond motifs is 1. The van der Waals surface area contributed by atoms with E-state index < -0.39 is 11.3 Å². The smallest absolute Gasteiger partial charge is 0.262 e. The first-order valence-corrected chi connectivity index (χ1v) is 6.99. The Bertz CT molecular complexity index is 960. The summed E-state index contributed by atoms with van der Waals surface area (Å²) in [6.45, 7) is 0. The van der Waals surface area contributed by atoms with Crippen molar-refractivity contribution >= 4 is 28.3 Å². The highest BCUT2D eigenvalue weighted by atomic mass is 35.5. The molecule has 0 aliphatic heterocycles. The van der Waals surface area contributed by atoms with Crippen LogP contribution in [0.5, 0.6) is 5.75 Å². The number of pyridine rings is 1. The number of carbonyl (C=O) groups excluding carboxylic acids is 1. The number of aromatic hydroxyl groups is 1. The van der Waals surface area contributed by atoms with Crippen LogP contribution >= 0.6 is 11.6 Å². The first kappa shape index (κ1) is 14.4. The molecule has 0 unspecified atom stereocenters. The summed E-state index contributed by atoms with van der Waals surface area (Å²) in [5, 5.41) is 11.0. The number of hydrogen-bond donors (Lipinski definition) is 1. The van der Waals surface area contributed by atoms with Gasteiger partial charge in [0, 0.05) is 12.1 Å². The topological polar surface area (TPSA) is 59.3 Å². The van der Waals surface area contributed by atoms with Crippen LogP contribution in [-0.2, 0) is 7.05 Å². The van der Waals surface area contributed by atoms with Crippen LogP contribution in [-0.4, -0.2) is 15.5 Å². The average Bonchev–Trinajstić information content (AvgIpc) is 2.51. The van der Waals surface area contributed by atoms with Crippen LogP contribution < -0.4 is 5.56 Å². The van der Waals surface area contributed by atoms with Gasteiger partial charge in [0.25, 0.3) is 5.56 Å². The van der Waals surface area contributed by atoms with Crippen molar-refractivity contribution in [3.63, 3.8) is 0 Å². The van der Waals surface area contributed by atoms with Gasteiger partial charge >= 0.3 is 0 Å². The molecular weight excluding hydrogens is 302 g/mol. The van der Waals surface area contributed by atoms with Crippen LogP contribution in [0.3, 0.4) is 0 Å². The van der Waals surface area contributed by atoms with E-state index in [9.17, 15) is 14.7 Å². The fraction of sp³-hybridized carbons (Fsp3) is 0.0588.